The zero-order valence-corrected chi connectivity index (χ0v) is 9.77. The SMILES string of the molecule is NCc1cc(F)c(OCCOCC(F)(F)F)c(F)c1. The van der Waals surface area contributed by atoms with Crippen LogP contribution in [0.5, 0.6) is 5.75 Å². The summed E-state index contributed by atoms with van der Waals surface area (Å²) in [6, 6.07) is 1.99. The van der Waals surface area contributed by atoms with Crippen LogP contribution in [0.3, 0.4) is 0 Å². The summed E-state index contributed by atoms with van der Waals surface area (Å²) in [6.45, 7) is -2.31. The summed E-state index contributed by atoms with van der Waals surface area (Å²) in [7, 11) is 0. The molecule has 0 bridgehead atoms. The van der Waals surface area contributed by atoms with Crippen LogP contribution in [0.1, 0.15) is 5.56 Å². The van der Waals surface area contributed by atoms with Crippen molar-refractivity contribution in [1.29, 1.82) is 0 Å². The molecular formula is C11H12F5NO2. The molecule has 0 atom stereocenters. The van der Waals surface area contributed by atoms with E-state index in [9.17, 15) is 22.0 Å². The molecule has 0 aromatic heterocycles. The molecule has 1 rings (SSSR count). The fourth-order valence-electron chi connectivity index (χ4n) is 1.26. The summed E-state index contributed by atoms with van der Waals surface area (Å²) in [6.07, 6.45) is -4.45. The van der Waals surface area contributed by atoms with Gasteiger partial charge in [0.1, 0.15) is 13.2 Å². The van der Waals surface area contributed by atoms with Crippen molar-refractivity contribution in [3.05, 3.63) is 29.3 Å². The van der Waals surface area contributed by atoms with Gasteiger partial charge in [-0.05, 0) is 17.7 Å². The van der Waals surface area contributed by atoms with Crippen LogP contribution in [0.25, 0.3) is 0 Å². The molecule has 8 heteroatoms. The first kappa shape index (κ1) is 15.6. The van der Waals surface area contributed by atoms with Crippen LogP contribution in [-0.4, -0.2) is 26.0 Å². The smallest absolute Gasteiger partial charge is 0.411 e. The summed E-state index contributed by atoms with van der Waals surface area (Å²) in [5.74, 6) is -2.58. The van der Waals surface area contributed by atoms with Crippen molar-refractivity contribution in [2.75, 3.05) is 19.8 Å². The molecule has 2 N–H and O–H groups in total. The van der Waals surface area contributed by atoms with Gasteiger partial charge in [-0.15, -0.1) is 0 Å². The Bertz CT molecular complexity index is 399. The monoisotopic (exact) mass is 285 g/mol. The second kappa shape index (κ2) is 6.67. The third-order valence-corrected chi connectivity index (χ3v) is 2.03. The highest BCUT2D eigenvalue weighted by molar-refractivity contribution is 5.31. The Labute approximate surface area is 106 Å². The molecule has 19 heavy (non-hydrogen) atoms. The first-order valence-corrected chi connectivity index (χ1v) is 5.29. The molecule has 108 valence electrons. The lowest BCUT2D eigenvalue weighted by atomic mass is 10.2. The van der Waals surface area contributed by atoms with Crippen LogP contribution in [0.2, 0.25) is 0 Å². The van der Waals surface area contributed by atoms with E-state index in [4.69, 9.17) is 10.5 Å². The molecule has 0 aliphatic rings. The predicted molar refractivity (Wildman–Crippen MR) is 56.6 cm³/mol. The van der Waals surface area contributed by atoms with Gasteiger partial charge in [-0.1, -0.05) is 0 Å². The minimum Gasteiger partial charge on any atom is -0.485 e. The van der Waals surface area contributed by atoms with Crippen molar-refractivity contribution >= 4 is 0 Å². The first-order valence-electron chi connectivity index (χ1n) is 5.29. The number of nitrogens with two attached hydrogens (primary N) is 1. The number of benzene rings is 1. The van der Waals surface area contributed by atoms with Gasteiger partial charge in [0.25, 0.3) is 0 Å². The van der Waals surface area contributed by atoms with E-state index >= 15 is 0 Å². The van der Waals surface area contributed by atoms with Gasteiger partial charge in [-0.3, -0.25) is 0 Å². The molecule has 0 fully saturated rings. The molecule has 1 aromatic rings. The van der Waals surface area contributed by atoms with Crippen LogP contribution in [0.4, 0.5) is 22.0 Å². The Kier molecular flexibility index (Phi) is 5.49. The number of hydrogen-bond acceptors (Lipinski definition) is 3. The lowest BCUT2D eigenvalue weighted by Gasteiger charge is -2.11. The highest BCUT2D eigenvalue weighted by atomic mass is 19.4. The fourth-order valence-corrected chi connectivity index (χ4v) is 1.26. The lowest BCUT2D eigenvalue weighted by Crippen LogP contribution is -2.19. The zero-order chi connectivity index (χ0) is 14.5. The number of alkyl halides is 3. The van der Waals surface area contributed by atoms with Gasteiger partial charge >= 0.3 is 6.18 Å². The van der Waals surface area contributed by atoms with Crippen molar-refractivity contribution in [2.45, 2.75) is 12.7 Å². The molecular weight excluding hydrogens is 273 g/mol. The minimum atomic E-state index is -4.45. The van der Waals surface area contributed by atoms with E-state index in [1.54, 1.807) is 0 Å². The van der Waals surface area contributed by atoms with E-state index in [-0.39, 0.29) is 12.1 Å². The third kappa shape index (κ3) is 5.39. The predicted octanol–water partition coefficient (Wildman–Crippen LogP) is 2.38. The number of halogens is 5. The van der Waals surface area contributed by atoms with E-state index in [0.29, 0.717) is 0 Å². The number of hydrogen-bond donors (Lipinski definition) is 1. The second-order valence-electron chi connectivity index (χ2n) is 3.61. The highest BCUT2D eigenvalue weighted by Gasteiger charge is 2.27. The van der Waals surface area contributed by atoms with Gasteiger partial charge in [-0.2, -0.15) is 13.2 Å². The van der Waals surface area contributed by atoms with E-state index in [0.717, 1.165) is 12.1 Å². The fraction of sp³-hybridized carbons (Fsp3) is 0.455. The van der Waals surface area contributed by atoms with E-state index in [2.05, 4.69) is 4.74 Å². The summed E-state index contributed by atoms with van der Waals surface area (Å²) in [5, 5.41) is 0. The Balaban J connectivity index is 2.46. The van der Waals surface area contributed by atoms with Gasteiger partial charge in [-0.25, -0.2) is 8.78 Å². The molecule has 0 amide bonds. The number of rotatable bonds is 6. The Morgan fingerprint density at radius 2 is 1.63 bits per heavy atom. The number of ether oxygens (including phenoxy) is 2. The van der Waals surface area contributed by atoms with Crippen molar-refractivity contribution in [3.8, 4) is 5.75 Å². The van der Waals surface area contributed by atoms with E-state index < -0.39 is 43.4 Å². The van der Waals surface area contributed by atoms with Crippen LogP contribution in [0, 0.1) is 11.6 Å². The maximum Gasteiger partial charge on any atom is 0.411 e. The van der Waals surface area contributed by atoms with Gasteiger partial charge in [0.2, 0.25) is 0 Å². The van der Waals surface area contributed by atoms with Gasteiger partial charge in [0, 0.05) is 6.54 Å². The Morgan fingerprint density at radius 1 is 1.05 bits per heavy atom. The maximum absolute atomic E-state index is 13.4. The second-order valence-corrected chi connectivity index (χ2v) is 3.61. The Morgan fingerprint density at radius 3 is 2.11 bits per heavy atom. The van der Waals surface area contributed by atoms with E-state index in [1.165, 1.54) is 0 Å². The van der Waals surface area contributed by atoms with Crippen LogP contribution in [-0.2, 0) is 11.3 Å². The standard InChI is InChI=1S/C11H12F5NO2/c12-8-3-7(5-17)4-9(13)10(8)19-2-1-18-6-11(14,15)16/h3-4H,1-2,5-6,17H2. The molecule has 1 aromatic carbocycles. The maximum atomic E-state index is 13.4. The molecule has 0 spiro atoms. The molecule has 3 nitrogen and oxygen atoms in total. The average Bonchev–Trinajstić information content (AvgIpc) is 2.30. The van der Waals surface area contributed by atoms with Gasteiger partial charge < -0.3 is 15.2 Å². The summed E-state index contributed by atoms with van der Waals surface area (Å²) < 4.78 is 70.8. The summed E-state index contributed by atoms with van der Waals surface area (Å²) in [4.78, 5) is 0. The largest absolute Gasteiger partial charge is 0.485 e. The molecule has 0 radical (unpaired) electrons. The van der Waals surface area contributed by atoms with Crippen LogP contribution >= 0.6 is 0 Å². The minimum absolute atomic E-state index is 0.0389. The van der Waals surface area contributed by atoms with E-state index in [1.807, 2.05) is 0 Å². The highest BCUT2D eigenvalue weighted by Crippen LogP contribution is 2.23. The van der Waals surface area contributed by atoms with Crippen molar-refractivity contribution in [1.82, 2.24) is 0 Å². The first-order chi connectivity index (χ1) is 8.83. The Hall–Kier alpha value is -1.41. The quantitative estimate of drug-likeness (QED) is 0.644. The average molecular weight is 285 g/mol. The topological polar surface area (TPSA) is 44.5 Å². The normalized spacial score (nSPS) is 11.7. The molecule has 0 saturated heterocycles. The van der Waals surface area contributed by atoms with Gasteiger partial charge in [0.05, 0.1) is 6.61 Å². The molecule has 0 aliphatic heterocycles. The lowest BCUT2D eigenvalue weighted by molar-refractivity contribution is -0.175. The van der Waals surface area contributed by atoms with Crippen molar-refractivity contribution < 1.29 is 31.4 Å². The molecule has 0 aliphatic carbocycles. The third-order valence-electron chi connectivity index (χ3n) is 2.03. The molecule has 0 saturated carbocycles. The van der Waals surface area contributed by atoms with Gasteiger partial charge in [0.15, 0.2) is 17.4 Å². The molecule has 0 unspecified atom stereocenters. The summed E-state index contributed by atoms with van der Waals surface area (Å²) in [5.41, 5.74) is 5.46. The van der Waals surface area contributed by atoms with Crippen molar-refractivity contribution in [3.63, 3.8) is 0 Å². The van der Waals surface area contributed by atoms with Crippen LogP contribution < -0.4 is 10.5 Å². The molecule has 0 heterocycles. The van der Waals surface area contributed by atoms with Crippen molar-refractivity contribution in [2.24, 2.45) is 5.73 Å². The summed E-state index contributed by atoms with van der Waals surface area (Å²) >= 11 is 0. The van der Waals surface area contributed by atoms with Crippen LogP contribution in [0.15, 0.2) is 12.1 Å². The zero-order valence-electron chi connectivity index (χ0n) is 9.77.